The summed E-state index contributed by atoms with van der Waals surface area (Å²) in [5.74, 6) is -1.04. The number of piperidine rings is 1. The summed E-state index contributed by atoms with van der Waals surface area (Å²) in [7, 11) is 1.67. The summed E-state index contributed by atoms with van der Waals surface area (Å²) in [6.45, 7) is 7.22. The third-order valence-electron chi connectivity index (χ3n) is 6.38. The Morgan fingerprint density at radius 3 is 2.34 bits per heavy atom. The Morgan fingerprint density at radius 2 is 1.71 bits per heavy atom. The summed E-state index contributed by atoms with van der Waals surface area (Å²) < 4.78 is 5.41. The van der Waals surface area contributed by atoms with Crippen molar-refractivity contribution in [3.05, 3.63) is 29.3 Å². The number of imide groups is 1. The van der Waals surface area contributed by atoms with Gasteiger partial charge in [-0.15, -0.1) is 0 Å². The Balaban J connectivity index is 1.39. The van der Waals surface area contributed by atoms with Gasteiger partial charge in [0.2, 0.25) is 11.8 Å². The summed E-state index contributed by atoms with van der Waals surface area (Å²) >= 11 is 0. The second kappa shape index (κ2) is 9.20. The van der Waals surface area contributed by atoms with E-state index < -0.39 is 17.6 Å². The fraction of sp³-hybridized carbons (Fsp3) is 0.542. The molecule has 6 amide bonds. The number of carbonyl (C=O) groups excluding carboxylic acids is 5. The van der Waals surface area contributed by atoms with Crippen molar-refractivity contribution in [1.82, 2.24) is 20.0 Å². The number of fused-ring (bicyclic) bond motifs is 1. The molecule has 1 aromatic carbocycles. The Kier molecular flexibility index (Phi) is 6.44. The van der Waals surface area contributed by atoms with Crippen molar-refractivity contribution >= 4 is 35.5 Å². The van der Waals surface area contributed by atoms with Gasteiger partial charge in [0.15, 0.2) is 0 Å². The van der Waals surface area contributed by atoms with E-state index in [0.717, 1.165) is 5.56 Å². The van der Waals surface area contributed by atoms with Crippen LogP contribution in [0.4, 0.5) is 15.3 Å². The number of amides is 6. The number of nitrogens with zero attached hydrogens (tertiary/aromatic N) is 4. The van der Waals surface area contributed by atoms with E-state index in [1.54, 1.807) is 35.0 Å². The third-order valence-corrected chi connectivity index (χ3v) is 6.38. The lowest BCUT2D eigenvalue weighted by molar-refractivity contribution is -0.136. The molecule has 4 rings (SSSR count). The Morgan fingerprint density at radius 1 is 1.06 bits per heavy atom. The summed E-state index contributed by atoms with van der Waals surface area (Å²) in [6, 6.07) is 4.27. The van der Waals surface area contributed by atoms with Gasteiger partial charge in [-0.3, -0.25) is 24.6 Å². The molecule has 3 heterocycles. The molecule has 1 atom stereocenters. The summed E-state index contributed by atoms with van der Waals surface area (Å²) in [4.78, 5) is 68.2. The lowest BCUT2D eigenvalue weighted by Gasteiger charge is -2.37. The van der Waals surface area contributed by atoms with Crippen LogP contribution >= 0.6 is 0 Å². The molecular formula is C24H31N5O6. The third kappa shape index (κ3) is 5.08. The van der Waals surface area contributed by atoms with Crippen LogP contribution in [0.2, 0.25) is 0 Å². The minimum absolute atomic E-state index is 0.195. The van der Waals surface area contributed by atoms with Crippen LogP contribution in [0.15, 0.2) is 18.2 Å². The van der Waals surface area contributed by atoms with Crippen molar-refractivity contribution < 1.29 is 28.7 Å². The molecule has 3 aliphatic heterocycles. The van der Waals surface area contributed by atoms with Gasteiger partial charge in [0, 0.05) is 57.4 Å². The largest absolute Gasteiger partial charge is 0.444 e. The fourth-order valence-corrected chi connectivity index (χ4v) is 4.50. The Labute approximate surface area is 203 Å². The number of carbonyl (C=O) groups is 5. The average Bonchev–Trinajstić information content (AvgIpc) is 3.12. The number of anilines is 1. The van der Waals surface area contributed by atoms with Crippen LogP contribution in [0, 0.1) is 0 Å². The van der Waals surface area contributed by atoms with E-state index in [2.05, 4.69) is 5.32 Å². The van der Waals surface area contributed by atoms with Crippen LogP contribution in [0.5, 0.6) is 0 Å². The van der Waals surface area contributed by atoms with Gasteiger partial charge in [-0.05, 0) is 51.0 Å². The molecule has 2 fully saturated rings. The molecule has 0 aliphatic carbocycles. The fourth-order valence-electron chi connectivity index (χ4n) is 4.50. The highest BCUT2D eigenvalue weighted by Crippen LogP contribution is 2.30. The second-order valence-corrected chi connectivity index (χ2v) is 10.0. The van der Waals surface area contributed by atoms with Gasteiger partial charge in [0.25, 0.3) is 5.91 Å². The molecule has 11 nitrogen and oxygen atoms in total. The summed E-state index contributed by atoms with van der Waals surface area (Å²) in [6.07, 6.45) is 0.104. The maximum absolute atomic E-state index is 13.1. The maximum Gasteiger partial charge on any atom is 0.410 e. The molecule has 0 saturated carbocycles. The molecule has 35 heavy (non-hydrogen) atoms. The molecule has 11 heteroatoms. The number of piperazine rings is 1. The Bertz CT molecular complexity index is 1070. The van der Waals surface area contributed by atoms with Gasteiger partial charge in [-0.1, -0.05) is 0 Å². The molecule has 0 aromatic heterocycles. The molecular weight excluding hydrogens is 454 g/mol. The van der Waals surface area contributed by atoms with Crippen molar-refractivity contribution in [3.8, 4) is 0 Å². The van der Waals surface area contributed by atoms with Crippen LogP contribution in [-0.4, -0.2) is 89.4 Å². The van der Waals surface area contributed by atoms with E-state index in [4.69, 9.17) is 4.74 Å². The van der Waals surface area contributed by atoms with Gasteiger partial charge in [-0.25, -0.2) is 9.59 Å². The zero-order valence-electron chi connectivity index (χ0n) is 20.5. The van der Waals surface area contributed by atoms with Gasteiger partial charge in [0.1, 0.15) is 11.6 Å². The number of benzene rings is 1. The molecule has 2 saturated heterocycles. The predicted molar refractivity (Wildman–Crippen MR) is 126 cm³/mol. The van der Waals surface area contributed by atoms with Crippen molar-refractivity contribution in [2.75, 3.05) is 38.1 Å². The van der Waals surface area contributed by atoms with Crippen molar-refractivity contribution in [3.63, 3.8) is 0 Å². The highest BCUT2D eigenvalue weighted by molar-refractivity contribution is 6.05. The molecule has 1 unspecified atom stereocenters. The zero-order chi connectivity index (χ0) is 25.5. The average molecular weight is 486 g/mol. The zero-order valence-corrected chi connectivity index (χ0v) is 20.5. The first-order chi connectivity index (χ1) is 16.4. The van der Waals surface area contributed by atoms with E-state index in [1.165, 1.54) is 9.80 Å². The highest BCUT2D eigenvalue weighted by Gasteiger charge is 2.39. The first-order valence-corrected chi connectivity index (χ1v) is 11.7. The lowest BCUT2D eigenvalue weighted by atomic mass is 10.0. The first kappa shape index (κ1) is 24.5. The second-order valence-electron chi connectivity index (χ2n) is 10.0. The standard InChI is InChI=1S/C24H31N5O6/c1-24(2,3)35-23(34)28-11-9-27(10-12-28)22(33)26(4)16-5-6-17-15(13-16)14-29(21(17)32)18-7-8-19(30)25-20(18)31/h5-6,13,18H,7-12,14H2,1-4H3,(H,25,30,31). The molecule has 0 spiro atoms. The van der Waals surface area contributed by atoms with E-state index in [9.17, 15) is 24.0 Å². The Hall–Kier alpha value is -3.63. The van der Waals surface area contributed by atoms with E-state index in [1.807, 2.05) is 20.8 Å². The highest BCUT2D eigenvalue weighted by atomic mass is 16.6. The molecule has 188 valence electrons. The SMILES string of the molecule is CN(C(=O)N1CCN(C(=O)OC(C)(C)C)CC1)c1ccc2c(c1)CN(C1CCC(=O)NC1=O)C2=O. The number of hydrogen-bond acceptors (Lipinski definition) is 6. The quantitative estimate of drug-likeness (QED) is 0.635. The maximum atomic E-state index is 13.1. The topological polar surface area (TPSA) is 120 Å². The smallest absolute Gasteiger partial charge is 0.410 e. The molecule has 0 radical (unpaired) electrons. The molecule has 3 aliphatic rings. The van der Waals surface area contributed by atoms with Gasteiger partial charge in [-0.2, -0.15) is 0 Å². The van der Waals surface area contributed by atoms with E-state index in [-0.39, 0.29) is 36.9 Å². The summed E-state index contributed by atoms with van der Waals surface area (Å²) in [5, 5.41) is 2.29. The summed E-state index contributed by atoms with van der Waals surface area (Å²) in [5.41, 5.74) is 1.27. The number of hydrogen-bond donors (Lipinski definition) is 1. The van der Waals surface area contributed by atoms with Crippen LogP contribution in [0.1, 0.15) is 49.5 Å². The molecule has 0 bridgehead atoms. The molecule has 1 aromatic rings. The number of rotatable bonds is 2. The number of urea groups is 1. The first-order valence-electron chi connectivity index (χ1n) is 11.7. The van der Waals surface area contributed by atoms with Crippen molar-refractivity contribution in [2.24, 2.45) is 0 Å². The van der Waals surface area contributed by atoms with Crippen molar-refractivity contribution in [1.29, 1.82) is 0 Å². The van der Waals surface area contributed by atoms with E-state index >= 15 is 0 Å². The monoisotopic (exact) mass is 485 g/mol. The normalized spacial score (nSPS) is 20.5. The van der Waals surface area contributed by atoms with Gasteiger partial charge >= 0.3 is 12.1 Å². The van der Waals surface area contributed by atoms with Gasteiger partial charge in [0.05, 0.1) is 0 Å². The van der Waals surface area contributed by atoms with E-state index in [0.29, 0.717) is 43.9 Å². The minimum atomic E-state index is -0.684. The lowest BCUT2D eigenvalue weighted by Crippen LogP contribution is -2.54. The van der Waals surface area contributed by atoms with Crippen molar-refractivity contribution in [2.45, 2.75) is 51.8 Å². The van der Waals surface area contributed by atoms with Crippen LogP contribution in [-0.2, 0) is 20.9 Å². The van der Waals surface area contributed by atoms with Gasteiger partial charge < -0.3 is 19.4 Å². The van der Waals surface area contributed by atoms with Crippen LogP contribution < -0.4 is 10.2 Å². The van der Waals surface area contributed by atoms with Crippen LogP contribution in [0.3, 0.4) is 0 Å². The molecule has 1 N–H and O–H groups in total. The minimum Gasteiger partial charge on any atom is -0.444 e. The van der Waals surface area contributed by atoms with Crippen LogP contribution in [0.25, 0.3) is 0 Å². The predicted octanol–water partition coefficient (Wildman–Crippen LogP) is 1.56. The number of nitrogens with one attached hydrogen (secondary N) is 1. The number of ether oxygens (including phenoxy) is 1.